The maximum Gasteiger partial charge on any atom is 0.472 e. The van der Waals surface area contributed by atoms with Crippen molar-refractivity contribution >= 4 is 19.8 Å². The molecule has 11 heteroatoms. The molecule has 0 spiro atoms. The molecule has 3 atom stereocenters. The van der Waals surface area contributed by atoms with Crippen LogP contribution in [0.4, 0.5) is 0 Å². The van der Waals surface area contributed by atoms with Gasteiger partial charge in [-0.2, -0.15) is 0 Å². The number of carboxylic acids is 1. The third-order valence-corrected chi connectivity index (χ3v) is 8.62. The molecular weight excluding hydrogens is 693 g/mol. The molecule has 0 radical (unpaired) electrons. The number of esters is 1. The van der Waals surface area contributed by atoms with Gasteiger partial charge in [0.25, 0.3) is 0 Å². The molecule has 0 aromatic heterocycles. The van der Waals surface area contributed by atoms with Crippen LogP contribution in [-0.4, -0.2) is 60.5 Å². The van der Waals surface area contributed by atoms with Gasteiger partial charge >= 0.3 is 19.8 Å². The second-order valence-electron chi connectivity index (χ2n) is 12.6. The Labute approximate surface area is 320 Å². The lowest BCUT2D eigenvalue weighted by Gasteiger charge is -2.20. The summed E-state index contributed by atoms with van der Waals surface area (Å²) in [5, 5.41) is 8.87. The molecule has 302 valence electrons. The molecule has 0 saturated heterocycles. The maximum atomic E-state index is 12.6. The fourth-order valence-corrected chi connectivity index (χ4v) is 5.44. The molecule has 0 aliphatic rings. The highest BCUT2D eigenvalue weighted by Crippen LogP contribution is 2.43. The molecular formula is C42H70NO9P. The predicted octanol–water partition coefficient (Wildman–Crippen LogP) is 10.4. The Bertz CT molecular complexity index is 1160. The minimum Gasteiger partial charge on any atom is -0.480 e. The van der Waals surface area contributed by atoms with Crippen LogP contribution in [0.1, 0.15) is 129 Å². The molecule has 53 heavy (non-hydrogen) atoms. The molecule has 0 aliphatic carbocycles. The summed E-state index contributed by atoms with van der Waals surface area (Å²) < 4.78 is 33.2. The largest absolute Gasteiger partial charge is 0.480 e. The minimum absolute atomic E-state index is 0.0146. The number of nitrogens with two attached hydrogens (primary N) is 1. The van der Waals surface area contributed by atoms with Gasteiger partial charge in [-0.15, -0.1) is 0 Å². The van der Waals surface area contributed by atoms with Gasteiger partial charge in [-0.3, -0.25) is 18.6 Å². The number of ether oxygens (including phenoxy) is 2. The van der Waals surface area contributed by atoms with Crippen molar-refractivity contribution in [2.75, 3.05) is 26.4 Å². The fraction of sp³-hybridized carbons (Fsp3) is 0.619. The van der Waals surface area contributed by atoms with E-state index in [0.717, 1.165) is 89.9 Å². The van der Waals surface area contributed by atoms with Crippen LogP contribution in [0, 0.1) is 0 Å². The van der Waals surface area contributed by atoms with Gasteiger partial charge in [0.05, 0.1) is 19.8 Å². The molecule has 0 heterocycles. The monoisotopic (exact) mass is 763 g/mol. The first-order valence-electron chi connectivity index (χ1n) is 19.6. The number of phosphoric ester groups is 1. The molecule has 0 bridgehead atoms. The molecule has 0 aromatic rings. The lowest BCUT2D eigenvalue weighted by molar-refractivity contribution is -0.154. The van der Waals surface area contributed by atoms with Crippen molar-refractivity contribution in [1.29, 1.82) is 0 Å². The molecule has 0 aromatic carbocycles. The Morgan fingerprint density at radius 1 is 0.604 bits per heavy atom. The SMILES string of the molecule is CC/C=C\C/C=C\C/C=C\C/C=C\CCCCC(=O)OC(COCCCCCCCC/C=C\C/C=C\C/C=C\CC)COP(=O)(O)OCC(N)C(=O)O. The van der Waals surface area contributed by atoms with Gasteiger partial charge in [-0.05, 0) is 83.5 Å². The lowest BCUT2D eigenvalue weighted by Crippen LogP contribution is -2.34. The number of carbonyl (C=O) groups excluding carboxylic acids is 1. The second kappa shape index (κ2) is 37.5. The van der Waals surface area contributed by atoms with E-state index < -0.39 is 45.1 Å². The number of unbranched alkanes of at least 4 members (excludes halogenated alkanes) is 8. The number of aliphatic carboxylic acids is 1. The molecule has 0 rings (SSSR count). The average Bonchev–Trinajstić information content (AvgIpc) is 3.13. The summed E-state index contributed by atoms with van der Waals surface area (Å²) in [6.07, 6.45) is 46.4. The second-order valence-corrected chi connectivity index (χ2v) is 14.1. The molecule has 0 fully saturated rings. The first-order chi connectivity index (χ1) is 25.7. The summed E-state index contributed by atoms with van der Waals surface area (Å²) in [4.78, 5) is 33.4. The van der Waals surface area contributed by atoms with E-state index in [1.807, 2.05) is 0 Å². The fourth-order valence-electron chi connectivity index (χ4n) is 4.67. The molecule has 4 N–H and O–H groups in total. The molecule has 10 nitrogen and oxygen atoms in total. The Morgan fingerprint density at radius 2 is 1.04 bits per heavy atom. The van der Waals surface area contributed by atoms with Crippen molar-refractivity contribution in [3.8, 4) is 0 Å². The van der Waals surface area contributed by atoms with Crippen molar-refractivity contribution in [1.82, 2.24) is 0 Å². The zero-order valence-corrected chi connectivity index (χ0v) is 33.5. The van der Waals surface area contributed by atoms with E-state index in [0.29, 0.717) is 13.0 Å². The van der Waals surface area contributed by atoms with Gasteiger partial charge < -0.3 is 25.2 Å². The maximum absolute atomic E-state index is 12.6. The van der Waals surface area contributed by atoms with Crippen LogP contribution in [0.2, 0.25) is 0 Å². The molecule has 0 aliphatic heterocycles. The quantitative estimate of drug-likeness (QED) is 0.0243. The minimum atomic E-state index is -4.63. The first kappa shape index (κ1) is 50.1. The number of carboxylic acid groups (broad SMARTS) is 1. The van der Waals surface area contributed by atoms with Gasteiger partial charge in [-0.1, -0.05) is 125 Å². The van der Waals surface area contributed by atoms with Gasteiger partial charge in [-0.25, -0.2) is 4.57 Å². The summed E-state index contributed by atoms with van der Waals surface area (Å²) in [6.45, 7) is 3.53. The number of rotatable bonds is 36. The van der Waals surface area contributed by atoms with E-state index in [1.54, 1.807) is 0 Å². The van der Waals surface area contributed by atoms with E-state index in [1.165, 1.54) is 12.8 Å². The third kappa shape index (κ3) is 37.3. The Hall–Kier alpha value is -2.85. The van der Waals surface area contributed by atoms with Crippen molar-refractivity contribution in [3.63, 3.8) is 0 Å². The molecule has 0 saturated carbocycles. The lowest BCUT2D eigenvalue weighted by atomic mass is 10.1. The first-order valence-corrected chi connectivity index (χ1v) is 21.1. The topological polar surface area (TPSA) is 155 Å². The van der Waals surface area contributed by atoms with E-state index in [9.17, 15) is 19.0 Å². The van der Waals surface area contributed by atoms with Crippen LogP contribution in [0.15, 0.2) is 85.1 Å². The Kier molecular flexibility index (Phi) is 35.5. The smallest absolute Gasteiger partial charge is 0.472 e. The van der Waals surface area contributed by atoms with Crippen molar-refractivity contribution in [2.24, 2.45) is 5.73 Å². The van der Waals surface area contributed by atoms with Gasteiger partial charge in [0, 0.05) is 13.0 Å². The summed E-state index contributed by atoms with van der Waals surface area (Å²) >= 11 is 0. The predicted molar refractivity (Wildman–Crippen MR) is 216 cm³/mol. The van der Waals surface area contributed by atoms with Crippen LogP contribution in [0.25, 0.3) is 0 Å². The standard InChI is InChI=1S/C42H70NO9P/c1-3-5-7-9-11-13-15-17-19-21-23-25-27-29-31-33-35-49-36-39(37-50-53(47,48)51-38-40(43)42(45)46)52-41(44)34-32-30-28-26-24-22-20-18-16-14-12-10-8-6-4-2/h5-8,11-14,17-20,24,26,39-40H,3-4,9-10,15-16,21-23,25,27-38,43H2,1-2H3,(H,45,46)(H,47,48)/b7-5-,8-6-,13-11-,14-12-,19-17-,20-18-,26-24-. The number of carbonyl (C=O) groups is 2. The van der Waals surface area contributed by atoms with Gasteiger partial charge in [0.2, 0.25) is 0 Å². The van der Waals surface area contributed by atoms with Gasteiger partial charge in [0.1, 0.15) is 12.1 Å². The number of hydrogen-bond donors (Lipinski definition) is 3. The van der Waals surface area contributed by atoms with Crippen LogP contribution in [0.5, 0.6) is 0 Å². The van der Waals surface area contributed by atoms with Gasteiger partial charge in [0.15, 0.2) is 0 Å². The normalized spacial score (nSPS) is 14.9. The number of phosphoric acid groups is 1. The highest BCUT2D eigenvalue weighted by molar-refractivity contribution is 7.47. The molecule has 0 amide bonds. The van der Waals surface area contributed by atoms with Crippen LogP contribution in [-0.2, 0) is 32.7 Å². The van der Waals surface area contributed by atoms with Crippen LogP contribution in [0.3, 0.4) is 0 Å². The Morgan fingerprint density at radius 3 is 1.55 bits per heavy atom. The van der Waals surface area contributed by atoms with Crippen molar-refractivity contribution in [3.05, 3.63) is 85.1 Å². The zero-order chi connectivity index (χ0) is 39.1. The van der Waals surface area contributed by atoms with E-state index >= 15 is 0 Å². The van der Waals surface area contributed by atoms with Crippen molar-refractivity contribution in [2.45, 2.75) is 142 Å². The highest BCUT2D eigenvalue weighted by Gasteiger charge is 2.27. The number of allylic oxidation sites excluding steroid dienone is 14. The van der Waals surface area contributed by atoms with Crippen molar-refractivity contribution < 1.29 is 42.7 Å². The number of hydrogen-bond acceptors (Lipinski definition) is 8. The zero-order valence-electron chi connectivity index (χ0n) is 32.6. The Balaban J connectivity index is 4.41. The molecule has 3 unspecified atom stereocenters. The van der Waals surface area contributed by atoms with Crippen LogP contribution >= 0.6 is 7.82 Å². The van der Waals surface area contributed by atoms with E-state index in [4.69, 9.17) is 24.8 Å². The van der Waals surface area contributed by atoms with E-state index in [-0.39, 0.29) is 13.0 Å². The third-order valence-electron chi connectivity index (χ3n) is 7.67. The summed E-state index contributed by atoms with van der Waals surface area (Å²) in [7, 11) is -4.63. The van der Waals surface area contributed by atoms with E-state index in [2.05, 4.69) is 103 Å². The average molecular weight is 764 g/mol. The summed E-state index contributed by atoms with van der Waals surface area (Å²) in [5.41, 5.74) is 5.34. The van der Waals surface area contributed by atoms with Crippen LogP contribution < -0.4 is 5.73 Å². The summed E-state index contributed by atoms with van der Waals surface area (Å²) in [5.74, 6) is -1.84. The summed E-state index contributed by atoms with van der Waals surface area (Å²) in [6, 6.07) is -1.49. The highest BCUT2D eigenvalue weighted by atomic mass is 31.2.